The van der Waals surface area contributed by atoms with Gasteiger partial charge in [0.15, 0.2) is 0 Å². The lowest BCUT2D eigenvalue weighted by molar-refractivity contribution is -0.125. The minimum absolute atomic E-state index is 0.160. The van der Waals surface area contributed by atoms with Crippen molar-refractivity contribution in [1.29, 1.82) is 0 Å². The van der Waals surface area contributed by atoms with E-state index in [2.05, 4.69) is 15.5 Å². The van der Waals surface area contributed by atoms with E-state index in [1.807, 2.05) is 0 Å². The van der Waals surface area contributed by atoms with Gasteiger partial charge in [-0.2, -0.15) is 0 Å². The van der Waals surface area contributed by atoms with Crippen LogP contribution in [0.25, 0.3) is 0 Å². The van der Waals surface area contributed by atoms with Gasteiger partial charge in [-0.05, 0) is 32.4 Å². The van der Waals surface area contributed by atoms with Crippen LogP contribution in [-0.4, -0.2) is 62.3 Å². The second-order valence-corrected chi connectivity index (χ2v) is 5.68. The second-order valence-electron chi connectivity index (χ2n) is 5.68. The molecule has 3 atom stereocenters. The number of ether oxygens (including phenoxy) is 1. The van der Waals surface area contributed by atoms with Crippen LogP contribution < -0.4 is 10.6 Å². The van der Waals surface area contributed by atoms with Crippen LogP contribution in [0, 0.1) is 5.92 Å². The van der Waals surface area contributed by atoms with Gasteiger partial charge in [0, 0.05) is 25.7 Å². The summed E-state index contributed by atoms with van der Waals surface area (Å²) in [5, 5.41) is 6.26. The lowest BCUT2D eigenvalue weighted by Gasteiger charge is -2.35. The first-order valence-corrected chi connectivity index (χ1v) is 7.17. The molecule has 3 heterocycles. The summed E-state index contributed by atoms with van der Waals surface area (Å²) in [5.74, 6) is 0.347. The van der Waals surface area contributed by atoms with Gasteiger partial charge in [0.1, 0.15) is 0 Å². The van der Waals surface area contributed by atoms with Crippen LogP contribution in [0.15, 0.2) is 0 Å². The Morgan fingerprint density at radius 1 is 1.44 bits per heavy atom. The van der Waals surface area contributed by atoms with Crippen LogP contribution in [0.1, 0.15) is 19.3 Å². The van der Waals surface area contributed by atoms with Crippen LogP contribution >= 0.6 is 0 Å². The summed E-state index contributed by atoms with van der Waals surface area (Å²) in [6.45, 7) is 5.47. The largest absolute Gasteiger partial charge is 0.373 e. The van der Waals surface area contributed by atoms with Crippen molar-refractivity contribution >= 4 is 5.91 Å². The average Bonchev–Trinajstić information content (AvgIpc) is 3.05. The van der Waals surface area contributed by atoms with E-state index in [9.17, 15) is 4.79 Å². The van der Waals surface area contributed by atoms with E-state index in [0.29, 0.717) is 12.6 Å². The first kappa shape index (κ1) is 12.4. The highest BCUT2D eigenvalue weighted by atomic mass is 16.5. The highest BCUT2D eigenvalue weighted by molar-refractivity contribution is 5.79. The molecule has 0 aromatic heterocycles. The molecule has 0 spiro atoms. The highest BCUT2D eigenvalue weighted by Gasteiger charge is 2.32. The minimum Gasteiger partial charge on any atom is -0.373 e. The lowest BCUT2D eigenvalue weighted by Crippen LogP contribution is -2.50. The van der Waals surface area contributed by atoms with Gasteiger partial charge < -0.3 is 15.4 Å². The van der Waals surface area contributed by atoms with Gasteiger partial charge in [0.05, 0.1) is 18.6 Å². The monoisotopic (exact) mass is 253 g/mol. The normalized spacial score (nSPS) is 36.6. The summed E-state index contributed by atoms with van der Waals surface area (Å²) >= 11 is 0. The Morgan fingerprint density at radius 3 is 3.22 bits per heavy atom. The molecule has 18 heavy (non-hydrogen) atoms. The highest BCUT2D eigenvalue weighted by Crippen LogP contribution is 2.22. The Labute approximate surface area is 108 Å². The molecule has 1 amide bonds. The molecule has 3 rings (SSSR count). The fourth-order valence-electron chi connectivity index (χ4n) is 3.25. The summed E-state index contributed by atoms with van der Waals surface area (Å²) in [6.07, 6.45) is 3.71. The van der Waals surface area contributed by atoms with Crippen molar-refractivity contribution in [1.82, 2.24) is 15.5 Å². The number of carbonyl (C=O) groups excluding carboxylic acids is 1. The Kier molecular flexibility index (Phi) is 3.82. The molecule has 0 aliphatic carbocycles. The number of morpholine rings is 1. The molecule has 3 saturated heterocycles. The van der Waals surface area contributed by atoms with Crippen molar-refractivity contribution in [3.05, 3.63) is 0 Å². The molecule has 2 N–H and O–H groups in total. The standard InChI is InChI=1S/C13H23N3O2/c17-13(10-3-4-14-6-10)15-7-12-8-16-5-1-2-11(16)9-18-12/h10-12,14H,1-9H2,(H,15,17). The second kappa shape index (κ2) is 5.55. The summed E-state index contributed by atoms with van der Waals surface area (Å²) in [6, 6.07) is 0.635. The molecule has 3 aliphatic heterocycles. The van der Waals surface area contributed by atoms with E-state index < -0.39 is 0 Å². The Balaban J connectivity index is 1.41. The van der Waals surface area contributed by atoms with E-state index in [4.69, 9.17) is 4.74 Å². The van der Waals surface area contributed by atoms with Crippen molar-refractivity contribution in [3.8, 4) is 0 Å². The van der Waals surface area contributed by atoms with Gasteiger partial charge in [0.2, 0.25) is 5.91 Å². The van der Waals surface area contributed by atoms with Crippen LogP contribution in [0.5, 0.6) is 0 Å². The van der Waals surface area contributed by atoms with Gasteiger partial charge >= 0.3 is 0 Å². The topological polar surface area (TPSA) is 53.6 Å². The van der Waals surface area contributed by atoms with Crippen molar-refractivity contribution < 1.29 is 9.53 Å². The lowest BCUT2D eigenvalue weighted by atomic mass is 10.1. The van der Waals surface area contributed by atoms with E-state index in [1.165, 1.54) is 19.4 Å². The summed E-state index contributed by atoms with van der Waals surface area (Å²) in [5.41, 5.74) is 0. The van der Waals surface area contributed by atoms with Crippen molar-refractivity contribution in [2.45, 2.75) is 31.4 Å². The number of rotatable bonds is 3. The predicted octanol–water partition coefficient (Wildman–Crippen LogP) is -0.425. The molecule has 102 valence electrons. The summed E-state index contributed by atoms with van der Waals surface area (Å²) < 4.78 is 5.83. The van der Waals surface area contributed by atoms with E-state index in [1.54, 1.807) is 0 Å². The van der Waals surface area contributed by atoms with Crippen LogP contribution in [0.4, 0.5) is 0 Å². The fourth-order valence-corrected chi connectivity index (χ4v) is 3.25. The zero-order valence-electron chi connectivity index (χ0n) is 10.9. The number of amides is 1. The molecule has 3 aliphatic rings. The minimum atomic E-state index is 0.160. The molecule has 0 aromatic carbocycles. The van der Waals surface area contributed by atoms with Gasteiger partial charge in [-0.25, -0.2) is 0 Å². The molecule has 5 nitrogen and oxygen atoms in total. The number of fused-ring (bicyclic) bond motifs is 1. The molecule has 3 fully saturated rings. The summed E-state index contributed by atoms with van der Waals surface area (Å²) in [7, 11) is 0. The predicted molar refractivity (Wildman–Crippen MR) is 68.3 cm³/mol. The van der Waals surface area contributed by atoms with Gasteiger partial charge in [-0.1, -0.05) is 0 Å². The molecule has 0 aromatic rings. The molecular formula is C13H23N3O2. The molecule has 0 saturated carbocycles. The quantitative estimate of drug-likeness (QED) is 0.717. The van der Waals surface area contributed by atoms with Crippen molar-refractivity contribution in [2.75, 3.05) is 39.3 Å². The van der Waals surface area contributed by atoms with Gasteiger partial charge in [-0.15, -0.1) is 0 Å². The third kappa shape index (κ3) is 2.68. The third-order valence-electron chi connectivity index (χ3n) is 4.40. The van der Waals surface area contributed by atoms with Crippen LogP contribution in [-0.2, 0) is 9.53 Å². The SMILES string of the molecule is O=C(NCC1CN2CCCC2CO1)C1CCNC1. The number of hydrogen-bond acceptors (Lipinski definition) is 4. The molecule has 3 unspecified atom stereocenters. The van der Waals surface area contributed by atoms with E-state index >= 15 is 0 Å². The Morgan fingerprint density at radius 2 is 2.39 bits per heavy atom. The fraction of sp³-hybridized carbons (Fsp3) is 0.923. The molecule has 0 bridgehead atoms. The molecule has 0 radical (unpaired) electrons. The third-order valence-corrected chi connectivity index (χ3v) is 4.40. The number of nitrogens with zero attached hydrogens (tertiary/aromatic N) is 1. The maximum Gasteiger partial charge on any atom is 0.224 e. The average molecular weight is 253 g/mol. The first-order valence-electron chi connectivity index (χ1n) is 7.17. The van der Waals surface area contributed by atoms with E-state index in [0.717, 1.165) is 32.7 Å². The number of nitrogens with one attached hydrogen (secondary N) is 2. The molecule has 5 heteroatoms. The van der Waals surface area contributed by atoms with Crippen molar-refractivity contribution in [2.24, 2.45) is 5.92 Å². The van der Waals surface area contributed by atoms with E-state index in [-0.39, 0.29) is 17.9 Å². The zero-order chi connectivity index (χ0) is 12.4. The van der Waals surface area contributed by atoms with Crippen LogP contribution in [0.3, 0.4) is 0 Å². The Bertz CT molecular complexity index is 305. The Hall–Kier alpha value is -0.650. The maximum atomic E-state index is 11.9. The number of carbonyl (C=O) groups is 1. The van der Waals surface area contributed by atoms with Gasteiger partial charge in [0.25, 0.3) is 0 Å². The summed E-state index contributed by atoms with van der Waals surface area (Å²) in [4.78, 5) is 14.4. The maximum absolute atomic E-state index is 11.9. The zero-order valence-corrected chi connectivity index (χ0v) is 10.9. The first-order chi connectivity index (χ1) is 8.83. The van der Waals surface area contributed by atoms with Gasteiger partial charge in [-0.3, -0.25) is 9.69 Å². The van der Waals surface area contributed by atoms with Crippen molar-refractivity contribution in [3.63, 3.8) is 0 Å². The molecular weight excluding hydrogens is 230 g/mol. The number of hydrogen-bond donors (Lipinski definition) is 2. The smallest absolute Gasteiger partial charge is 0.224 e. The van der Waals surface area contributed by atoms with Crippen LogP contribution in [0.2, 0.25) is 0 Å².